The van der Waals surface area contributed by atoms with Gasteiger partial charge in [-0.2, -0.15) is 0 Å². The second-order valence-corrected chi connectivity index (χ2v) is 6.08. The number of hydrogen-bond donors (Lipinski definition) is 2. The third kappa shape index (κ3) is 3.77. The van der Waals surface area contributed by atoms with Crippen molar-refractivity contribution >= 4 is 11.6 Å². The van der Waals surface area contributed by atoms with Crippen molar-refractivity contribution in [1.29, 1.82) is 0 Å². The van der Waals surface area contributed by atoms with Gasteiger partial charge in [0.05, 0.1) is 17.6 Å². The number of aromatic nitrogens is 4. The van der Waals surface area contributed by atoms with Crippen molar-refractivity contribution in [2.24, 2.45) is 0 Å². The predicted molar refractivity (Wildman–Crippen MR) is 102 cm³/mol. The van der Waals surface area contributed by atoms with Crippen molar-refractivity contribution in [2.75, 3.05) is 6.54 Å². The van der Waals surface area contributed by atoms with Crippen LogP contribution in [0.3, 0.4) is 0 Å². The molecular weight excluding hydrogens is 342 g/mol. The number of carbonyl (C=O) groups excluding carboxylic acids is 1. The van der Waals surface area contributed by atoms with Crippen molar-refractivity contribution < 1.29 is 4.79 Å². The maximum absolute atomic E-state index is 12.4. The number of fused-ring (bicyclic) bond motifs is 1. The first kappa shape index (κ1) is 16.7. The highest BCUT2D eigenvalue weighted by molar-refractivity contribution is 5.94. The van der Waals surface area contributed by atoms with E-state index < -0.39 is 0 Å². The Hall–Kier alpha value is -3.74. The summed E-state index contributed by atoms with van der Waals surface area (Å²) in [6, 6.07) is 14.9. The molecule has 1 aromatic carbocycles. The van der Waals surface area contributed by atoms with Crippen LogP contribution in [0.15, 0.2) is 72.0 Å². The average Bonchev–Trinajstić information content (AvgIpc) is 3.12. The maximum Gasteiger partial charge on any atom is 0.252 e. The number of aromatic amines is 1. The zero-order valence-electron chi connectivity index (χ0n) is 14.4. The van der Waals surface area contributed by atoms with Crippen molar-refractivity contribution in [3.05, 3.63) is 88.9 Å². The Balaban J connectivity index is 1.46. The summed E-state index contributed by atoms with van der Waals surface area (Å²) >= 11 is 0. The van der Waals surface area contributed by atoms with Gasteiger partial charge in [0.25, 0.3) is 11.5 Å². The van der Waals surface area contributed by atoms with Crippen LogP contribution >= 0.6 is 0 Å². The molecule has 0 fully saturated rings. The minimum absolute atomic E-state index is 0.184. The molecule has 134 valence electrons. The lowest BCUT2D eigenvalue weighted by Gasteiger charge is -2.05. The molecule has 4 aromatic rings. The van der Waals surface area contributed by atoms with Crippen LogP contribution in [0.5, 0.6) is 0 Å². The molecule has 0 aliphatic carbocycles. The van der Waals surface area contributed by atoms with Gasteiger partial charge in [-0.15, -0.1) is 0 Å². The topological polar surface area (TPSA) is 92.1 Å². The molecule has 2 N–H and O–H groups in total. The molecule has 0 spiro atoms. The third-order valence-corrected chi connectivity index (χ3v) is 4.18. The summed E-state index contributed by atoms with van der Waals surface area (Å²) in [6.07, 6.45) is 5.51. The predicted octanol–water partition coefficient (Wildman–Crippen LogP) is 2.06. The summed E-state index contributed by atoms with van der Waals surface area (Å²) < 4.78 is 1.84. The van der Waals surface area contributed by atoms with E-state index in [1.165, 1.54) is 12.4 Å². The summed E-state index contributed by atoms with van der Waals surface area (Å²) in [7, 11) is 0. The number of H-pyrrole nitrogens is 1. The number of pyridine rings is 1. The van der Waals surface area contributed by atoms with E-state index in [1.807, 2.05) is 47.0 Å². The molecule has 0 aliphatic rings. The Kier molecular flexibility index (Phi) is 4.49. The first-order chi connectivity index (χ1) is 13.2. The Bertz CT molecular complexity index is 1150. The van der Waals surface area contributed by atoms with Crippen LogP contribution in [-0.2, 0) is 6.42 Å². The van der Waals surface area contributed by atoms with Crippen LogP contribution in [0, 0.1) is 0 Å². The Morgan fingerprint density at radius 2 is 1.96 bits per heavy atom. The summed E-state index contributed by atoms with van der Waals surface area (Å²) in [5, 5.41) is 2.85. The average molecular weight is 359 g/mol. The highest BCUT2D eigenvalue weighted by atomic mass is 16.1. The number of benzene rings is 1. The van der Waals surface area contributed by atoms with E-state index in [0.29, 0.717) is 24.2 Å². The second-order valence-electron chi connectivity index (χ2n) is 6.08. The van der Waals surface area contributed by atoms with Crippen molar-refractivity contribution in [2.45, 2.75) is 6.42 Å². The standard InChI is InChI=1S/C20H17N5O2/c26-19-10-16(22-13-23-19)8-9-21-20(27)15-6-7-18-24-17(12-25(18)11-15)14-4-2-1-3-5-14/h1-7,10-13H,8-9H2,(H,21,27)(H,22,23,26). The zero-order chi connectivity index (χ0) is 18.6. The van der Waals surface area contributed by atoms with Gasteiger partial charge in [-0.3, -0.25) is 9.59 Å². The molecule has 0 aliphatic heterocycles. The van der Waals surface area contributed by atoms with Crippen LogP contribution < -0.4 is 10.9 Å². The number of nitrogens with one attached hydrogen (secondary N) is 2. The molecule has 3 aromatic heterocycles. The van der Waals surface area contributed by atoms with Gasteiger partial charge in [-0.25, -0.2) is 9.97 Å². The molecule has 4 rings (SSSR count). The number of hydrogen-bond acceptors (Lipinski definition) is 4. The fourth-order valence-corrected chi connectivity index (χ4v) is 2.83. The lowest BCUT2D eigenvalue weighted by molar-refractivity contribution is 0.0953. The fourth-order valence-electron chi connectivity index (χ4n) is 2.83. The van der Waals surface area contributed by atoms with Gasteiger partial charge < -0.3 is 14.7 Å². The molecule has 0 saturated heterocycles. The third-order valence-electron chi connectivity index (χ3n) is 4.18. The van der Waals surface area contributed by atoms with Crippen molar-refractivity contribution in [3.8, 4) is 11.3 Å². The quantitative estimate of drug-likeness (QED) is 0.570. The van der Waals surface area contributed by atoms with Crippen LogP contribution in [0.4, 0.5) is 0 Å². The molecule has 27 heavy (non-hydrogen) atoms. The maximum atomic E-state index is 12.4. The summed E-state index contributed by atoms with van der Waals surface area (Å²) in [5.74, 6) is -0.184. The van der Waals surface area contributed by atoms with Gasteiger partial charge in [0.2, 0.25) is 0 Å². The monoisotopic (exact) mass is 359 g/mol. The zero-order valence-corrected chi connectivity index (χ0v) is 14.4. The second kappa shape index (κ2) is 7.25. The Morgan fingerprint density at radius 3 is 2.78 bits per heavy atom. The van der Waals surface area contributed by atoms with E-state index in [1.54, 1.807) is 12.3 Å². The summed E-state index contributed by atoms with van der Waals surface area (Å²) in [5.41, 5.74) is 3.63. The van der Waals surface area contributed by atoms with E-state index in [0.717, 1.165) is 16.9 Å². The molecule has 3 heterocycles. The summed E-state index contributed by atoms with van der Waals surface area (Å²) in [6.45, 7) is 0.395. The minimum atomic E-state index is -0.203. The molecule has 0 radical (unpaired) electrons. The number of rotatable bonds is 5. The summed E-state index contributed by atoms with van der Waals surface area (Å²) in [4.78, 5) is 34.7. The van der Waals surface area contributed by atoms with Gasteiger partial charge in [-0.05, 0) is 12.1 Å². The smallest absolute Gasteiger partial charge is 0.252 e. The lowest BCUT2D eigenvalue weighted by atomic mass is 10.2. The number of imidazole rings is 1. The van der Waals surface area contributed by atoms with Crippen molar-refractivity contribution in [1.82, 2.24) is 24.7 Å². The van der Waals surface area contributed by atoms with E-state index >= 15 is 0 Å². The number of amides is 1. The first-order valence-electron chi connectivity index (χ1n) is 8.55. The van der Waals surface area contributed by atoms with Crippen LogP contribution in [0.25, 0.3) is 16.9 Å². The van der Waals surface area contributed by atoms with Crippen LogP contribution in [-0.4, -0.2) is 31.8 Å². The van der Waals surface area contributed by atoms with Crippen LogP contribution in [0.1, 0.15) is 16.1 Å². The normalized spacial score (nSPS) is 10.8. The Labute approximate surface area is 154 Å². The van der Waals surface area contributed by atoms with Gasteiger partial charge in [0.15, 0.2) is 0 Å². The highest BCUT2D eigenvalue weighted by Gasteiger charge is 2.09. The van der Waals surface area contributed by atoms with Crippen molar-refractivity contribution in [3.63, 3.8) is 0 Å². The fraction of sp³-hybridized carbons (Fsp3) is 0.100. The van der Waals surface area contributed by atoms with Crippen LogP contribution in [0.2, 0.25) is 0 Å². The molecule has 1 amide bonds. The molecule has 7 heteroatoms. The van der Waals surface area contributed by atoms with Gasteiger partial charge in [0, 0.05) is 42.7 Å². The number of nitrogens with zero attached hydrogens (tertiary/aromatic N) is 3. The van der Waals surface area contributed by atoms with Gasteiger partial charge in [-0.1, -0.05) is 30.3 Å². The lowest BCUT2D eigenvalue weighted by Crippen LogP contribution is -2.26. The minimum Gasteiger partial charge on any atom is -0.352 e. The Morgan fingerprint density at radius 1 is 1.11 bits per heavy atom. The largest absolute Gasteiger partial charge is 0.352 e. The SMILES string of the molecule is O=C(NCCc1cc(=O)[nH]cn1)c1ccc2nc(-c3ccccc3)cn2c1. The molecule has 0 saturated carbocycles. The van der Waals surface area contributed by atoms with Gasteiger partial charge in [0.1, 0.15) is 5.65 Å². The molecule has 0 unspecified atom stereocenters. The molecular formula is C20H17N5O2. The number of carbonyl (C=O) groups is 1. The molecule has 0 atom stereocenters. The molecule has 7 nitrogen and oxygen atoms in total. The van der Waals surface area contributed by atoms with E-state index in [9.17, 15) is 9.59 Å². The van der Waals surface area contributed by atoms with E-state index in [4.69, 9.17) is 0 Å². The van der Waals surface area contributed by atoms with E-state index in [2.05, 4.69) is 20.3 Å². The van der Waals surface area contributed by atoms with Gasteiger partial charge >= 0.3 is 0 Å². The van der Waals surface area contributed by atoms with E-state index in [-0.39, 0.29) is 11.5 Å². The first-order valence-corrected chi connectivity index (χ1v) is 8.55. The highest BCUT2D eigenvalue weighted by Crippen LogP contribution is 2.19. The molecule has 0 bridgehead atoms.